The minimum Gasteiger partial charge on any atom is -0.491 e. The fourth-order valence-electron chi connectivity index (χ4n) is 2.14. The first-order valence-electron chi connectivity index (χ1n) is 5.32. The van der Waals surface area contributed by atoms with Gasteiger partial charge >= 0.3 is 0 Å². The molecule has 76 valence electrons. The lowest BCUT2D eigenvalue weighted by molar-refractivity contribution is 0.323. The Labute approximate surface area is 88.3 Å². The zero-order chi connectivity index (χ0) is 9.54. The maximum atomic E-state index is 5.85. The van der Waals surface area contributed by atoms with Gasteiger partial charge in [-0.05, 0) is 25.7 Å². The molecular formula is C11H15NOS. The minimum atomic E-state index is 0.813. The first-order valence-corrected chi connectivity index (χ1v) is 6.13. The van der Waals surface area contributed by atoms with Crippen LogP contribution in [0.5, 0.6) is 5.75 Å². The molecule has 0 aromatic carbocycles. The predicted octanol–water partition coefficient (Wildman–Crippen LogP) is 2.42. The molecule has 3 rings (SSSR count). The van der Waals surface area contributed by atoms with Gasteiger partial charge in [0.1, 0.15) is 12.4 Å². The normalized spacial score (nSPS) is 21.2. The standard InChI is InChI=1S/C11H15NOS/c1-7-10(8-2-3-8)11-9(14-7)6-12-4-5-13-11/h8,12H,2-6H2,1H3. The van der Waals surface area contributed by atoms with E-state index in [0.29, 0.717) is 0 Å². The molecule has 2 heterocycles. The second-order valence-electron chi connectivity index (χ2n) is 4.12. The van der Waals surface area contributed by atoms with E-state index in [1.165, 1.54) is 33.9 Å². The Morgan fingerprint density at radius 1 is 1.43 bits per heavy atom. The maximum absolute atomic E-state index is 5.85. The number of rotatable bonds is 1. The van der Waals surface area contributed by atoms with Gasteiger partial charge in [-0.15, -0.1) is 11.3 Å². The summed E-state index contributed by atoms with van der Waals surface area (Å²) in [6, 6.07) is 0. The average Bonchev–Trinajstić information content (AvgIpc) is 2.95. The summed E-state index contributed by atoms with van der Waals surface area (Å²) in [6.07, 6.45) is 2.72. The second-order valence-corrected chi connectivity index (χ2v) is 5.43. The number of fused-ring (bicyclic) bond motifs is 1. The molecule has 1 aromatic heterocycles. The quantitative estimate of drug-likeness (QED) is 0.767. The van der Waals surface area contributed by atoms with Crippen LogP contribution in [0.25, 0.3) is 0 Å². The van der Waals surface area contributed by atoms with Crippen molar-refractivity contribution in [2.45, 2.75) is 32.2 Å². The van der Waals surface area contributed by atoms with E-state index in [2.05, 4.69) is 12.2 Å². The van der Waals surface area contributed by atoms with E-state index in [0.717, 1.165) is 25.6 Å². The molecule has 1 N–H and O–H groups in total. The highest BCUT2D eigenvalue weighted by atomic mass is 32.1. The summed E-state index contributed by atoms with van der Waals surface area (Å²) in [6.45, 7) is 5.03. The molecular weight excluding hydrogens is 194 g/mol. The van der Waals surface area contributed by atoms with Crippen molar-refractivity contribution in [2.75, 3.05) is 13.2 Å². The highest BCUT2D eigenvalue weighted by Gasteiger charge is 2.32. The zero-order valence-corrected chi connectivity index (χ0v) is 9.25. The van der Waals surface area contributed by atoms with E-state index in [-0.39, 0.29) is 0 Å². The third-order valence-corrected chi connectivity index (χ3v) is 4.05. The van der Waals surface area contributed by atoms with Crippen LogP contribution in [0.15, 0.2) is 0 Å². The van der Waals surface area contributed by atoms with Gasteiger partial charge in [0.25, 0.3) is 0 Å². The van der Waals surface area contributed by atoms with Crippen molar-refractivity contribution in [3.8, 4) is 5.75 Å². The second kappa shape index (κ2) is 3.24. The molecule has 1 aromatic rings. The van der Waals surface area contributed by atoms with E-state index in [1.807, 2.05) is 11.3 Å². The van der Waals surface area contributed by atoms with Gasteiger partial charge in [0.15, 0.2) is 0 Å². The third-order valence-electron chi connectivity index (χ3n) is 2.95. The van der Waals surface area contributed by atoms with Crippen molar-refractivity contribution in [3.05, 3.63) is 15.3 Å². The van der Waals surface area contributed by atoms with Gasteiger partial charge in [-0.25, -0.2) is 0 Å². The van der Waals surface area contributed by atoms with Gasteiger partial charge in [0.05, 0.1) is 4.88 Å². The summed E-state index contributed by atoms with van der Waals surface area (Å²) in [5.41, 5.74) is 1.52. The first-order chi connectivity index (χ1) is 6.86. The third kappa shape index (κ3) is 1.35. The van der Waals surface area contributed by atoms with E-state index in [1.54, 1.807) is 0 Å². The van der Waals surface area contributed by atoms with Gasteiger partial charge < -0.3 is 10.1 Å². The molecule has 0 amide bonds. The summed E-state index contributed by atoms with van der Waals surface area (Å²) in [5, 5.41) is 3.39. The fourth-order valence-corrected chi connectivity index (χ4v) is 3.32. The zero-order valence-electron chi connectivity index (χ0n) is 8.43. The van der Waals surface area contributed by atoms with Crippen LogP contribution in [0.3, 0.4) is 0 Å². The minimum absolute atomic E-state index is 0.813. The Balaban J connectivity index is 2.04. The molecule has 0 saturated heterocycles. The van der Waals surface area contributed by atoms with Crippen molar-refractivity contribution >= 4 is 11.3 Å². The molecule has 3 heteroatoms. The highest BCUT2D eigenvalue weighted by Crippen LogP contribution is 2.50. The SMILES string of the molecule is Cc1sc2c(c1C1CC1)OCCNC2. The lowest BCUT2D eigenvalue weighted by atomic mass is 10.1. The molecule has 0 unspecified atom stereocenters. The first kappa shape index (κ1) is 8.74. The van der Waals surface area contributed by atoms with Crippen LogP contribution in [0.1, 0.15) is 34.1 Å². The predicted molar refractivity (Wildman–Crippen MR) is 58.2 cm³/mol. The molecule has 1 fully saturated rings. The van der Waals surface area contributed by atoms with Crippen molar-refractivity contribution in [1.82, 2.24) is 5.32 Å². The molecule has 1 aliphatic carbocycles. The smallest absolute Gasteiger partial charge is 0.138 e. The monoisotopic (exact) mass is 209 g/mol. The Hall–Kier alpha value is -0.540. The Bertz CT molecular complexity index is 354. The van der Waals surface area contributed by atoms with Crippen molar-refractivity contribution in [2.24, 2.45) is 0 Å². The van der Waals surface area contributed by atoms with Gasteiger partial charge in [0.2, 0.25) is 0 Å². The molecule has 0 radical (unpaired) electrons. The summed E-state index contributed by atoms with van der Waals surface area (Å²) in [7, 11) is 0. The van der Waals surface area contributed by atoms with Gasteiger partial charge in [-0.2, -0.15) is 0 Å². The number of thiophene rings is 1. The topological polar surface area (TPSA) is 21.3 Å². The maximum Gasteiger partial charge on any atom is 0.138 e. The summed E-state index contributed by atoms with van der Waals surface area (Å²) < 4.78 is 5.85. The molecule has 0 bridgehead atoms. The Kier molecular flexibility index (Phi) is 2.03. The molecule has 14 heavy (non-hydrogen) atoms. The summed E-state index contributed by atoms with van der Waals surface area (Å²) in [5.74, 6) is 2.04. The van der Waals surface area contributed by atoms with Gasteiger partial charge in [0, 0.05) is 23.5 Å². The van der Waals surface area contributed by atoms with Gasteiger partial charge in [-0.1, -0.05) is 0 Å². The van der Waals surface area contributed by atoms with Gasteiger partial charge in [-0.3, -0.25) is 0 Å². The van der Waals surface area contributed by atoms with E-state index >= 15 is 0 Å². The molecule has 2 nitrogen and oxygen atoms in total. The van der Waals surface area contributed by atoms with Crippen LogP contribution in [-0.4, -0.2) is 13.2 Å². The molecule has 1 aliphatic heterocycles. The Morgan fingerprint density at radius 2 is 2.29 bits per heavy atom. The average molecular weight is 209 g/mol. The van der Waals surface area contributed by atoms with Crippen LogP contribution in [-0.2, 0) is 6.54 Å². The lowest BCUT2D eigenvalue weighted by Crippen LogP contribution is -2.16. The Morgan fingerprint density at radius 3 is 3.07 bits per heavy atom. The molecule has 2 aliphatic rings. The molecule has 0 spiro atoms. The number of aryl methyl sites for hydroxylation is 1. The van der Waals surface area contributed by atoms with Crippen molar-refractivity contribution in [1.29, 1.82) is 0 Å². The van der Waals surface area contributed by atoms with Crippen molar-refractivity contribution in [3.63, 3.8) is 0 Å². The largest absolute Gasteiger partial charge is 0.491 e. The number of nitrogens with one attached hydrogen (secondary N) is 1. The van der Waals surface area contributed by atoms with Crippen LogP contribution >= 0.6 is 11.3 Å². The van der Waals surface area contributed by atoms with Crippen LogP contribution in [0.2, 0.25) is 0 Å². The van der Waals surface area contributed by atoms with Crippen LogP contribution in [0, 0.1) is 6.92 Å². The van der Waals surface area contributed by atoms with Crippen molar-refractivity contribution < 1.29 is 4.74 Å². The number of hydrogen-bond donors (Lipinski definition) is 1. The fraction of sp³-hybridized carbons (Fsp3) is 0.636. The summed E-state index contributed by atoms with van der Waals surface area (Å²) in [4.78, 5) is 2.88. The van der Waals surface area contributed by atoms with E-state index in [9.17, 15) is 0 Å². The number of ether oxygens (including phenoxy) is 1. The summed E-state index contributed by atoms with van der Waals surface area (Å²) >= 11 is 1.91. The van der Waals surface area contributed by atoms with E-state index in [4.69, 9.17) is 4.74 Å². The molecule has 0 atom stereocenters. The highest BCUT2D eigenvalue weighted by molar-refractivity contribution is 7.12. The number of hydrogen-bond acceptors (Lipinski definition) is 3. The van der Waals surface area contributed by atoms with E-state index < -0.39 is 0 Å². The van der Waals surface area contributed by atoms with Crippen LogP contribution in [0.4, 0.5) is 0 Å². The molecule has 1 saturated carbocycles. The van der Waals surface area contributed by atoms with Crippen LogP contribution < -0.4 is 10.1 Å². The lowest BCUT2D eigenvalue weighted by Gasteiger charge is -2.05.